The molecule has 0 aliphatic carbocycles. The molecule has 0 bridgehead atoms. The van der Waals surface area contributed by atoms with E-state index >= 15 is 0 Å². The zero-order valence-corrected chi connectivity index (χ0v) is 14.0. The molecule has 0 radical (unpaired) electrons. The second kappa shape index (κ2) is 5.94. The van der Waals surface area contributed by atoms with Gasteiger partial charge in [-0.05, 0) is 38.5 Å². The van der Waals surface area contributed by atoms with Crippen molar-refractivity contribution in [1.29, 1.82) is 0 Å². The highest BCUT2D eigenvalue weighted by molar-refractivity contribution is 6.33. The summed E-state index contributed by atoms with van der Waals surface area (Å²) in [4.78, 5) is 4.73. The summed E-state index contributed by atoms with van der Waals surface area (Å²) in [5.41, 5.74) is 4.85. The molecule has 0 spiro atoms. The van der Waals surface area contributed by atoms with Gasteiger partial charge < -0.3 is 9.88 Å². The van der Waals surface area contributed by atoms with Gasteiger partial charge in [0.05, 0.1) is 21.7 Å². The van der Waals surface area contributed by atoms with E-state index < -0.39 is 0 Å². The number of hydrogen-bond donors (Lipinski definition) is 1. The lowest BCUT2D eigenvalue weighted by molar-refractivity contribution is 0.567. The number of rotatable bonds is 1. The standard InChI is InChI=1S/C15H16ClN3.C2H6/c1-8(2)19-10(4)13(16)14-15(19)18-11-6-5-9(3)7-12(11)17-14;1-2/h5-8,17H,4H2,1-3H3;1-2H3. The summed E-state index contributed by atoms with van der Waals surface area (Å²) in [5.74, 6) is 0. The van der Waals surface area contributed by atoms with Gasteiger partial charge in [-0.1, -0.05) is 38.1 Å². The molecule has 3 rings (SSSR count). The van der Waals surface area contributed by atoms with E-state index in [2.05, 4.69) is 49.4 Å². The van der Waals surface area contributed by atoms with Crippen molar-refractivity contribution in [3.05, 3.63) is 39.6 Å². The number of nitrogens with one attached hydrogen (secondary N) is 1. The van der Waals surface area contributed by atoms with Gasteiger partial charge in [-0.15, -0.1) is 0 Å². The van der Waals surface area contributed by atoms with E-state index in [1.165, 1.54) is 5.56 Å². The minimum atomic E-state index is 0.270. The van der Waals surface area contributed by atoms with Gasteiger partial charge in [0.1, 0.15) is 5.69 Å². The number of halogens is 1. The van der Waals surface area contributed by atoms with Gasteiger partial charge in [0, 0.05) is 6.04 Å². The van der Waals surface area contributed by atoms with Crippen molar-refractivity contribution < 1.29 is 0 Å². The first-order chi connectivity index (χ1) is 9.99. The van der Waals surface area contributed by atoms with Crippen LogP contribution in [0.15, 0.2) is 23.2 Å². The molecule has 0 atom stereocenters. The number of aromatic nitrogens is 1. The molecule has 0 saturated carbocycles. The summed E-state index contributed by atoms with van der Waals surface area (Å²) in [6.07, 6.45) is 0. The average Bonchev–Trinajstić information content (AvgIpc) is 2.71. The van der Waals surface area contributed by atoms with Gasteiger partial charge in [0.2, 0.25) is 0 Å². The highest BCUT2D eigenvalue weighted by Gasteiger charge is 2.20. The average molecular weight is 304 g/mol. The van der Waals surface area contributed by atoms with Crippen LogP contribution in [0.1, 0.15) is 39.3 Å². The molecular weight excluding hydrogens is 282 g/mol. The number of aryl methyl sites for hydroxylation is 1. The normalized spacial score (nSPS) is 11.8. The summed E-state index contributed by atoms with van der Waals surface area (Å²) in [7, 11) is 0. The fraction of sp³-hybridized carbons (Fsp3) is 0.353. The maximum Gasteiger partial charge on any atom is 0.159 e. The quantitative estimate of drug-likeness (QED) is 0.706. The summed E-state index contributed by atoms with van der Waals surface area (Å²) in [5, 5.41) is 4.84. The number of anilines is 2. The van der Waals surface area contributed by atoms with Gasteiger partial charge in [0.15, 0.2) is 5.49 Å². The third kappa shape index (κ3) is 2.58. The van der Waals surface area contributed by atoms with Gasteiger partial charge in [-0.3, -0.25) is 0 Å². The number of fused-ring (bicyclic) bond motifs is 2. The largest absolute Gasteiger partial charge is 0.349 e. The number of hydrogen-bond acceptors (Lipinski definition) is 2. The molecule has 2 aromatic rings. The van der Waals surface area contributed by atoms with Crippen molar-refractivity contribution in [1.82, 2.24) is 4.57 Å². The summed E-state index contributed by atoms with van der Waals surface area (Å²) < 4.78 is 2.06. The first kappa shape index (κ1) is 15.6. The van der Waals surface area contributed by atoms with E-state index in [1.54, 1.807) is 0 Å². The van der Waals surface area contributed by atoms with E-state index in [-0.39, 0.29) is 6.04 Å². The zero-order chi connectivity index (χ0) is 15.7. The third-order valence-corrected chi connectivity index (χ3v) is 3.78. The minimum Gasteiger partial charge on any atom is -0.349 e. The lowest BCUT2D eigenvalue weighted by Crippen LogP contribution is -2.29. The Morgan fingerprint density at radius 1 is 1.29 bits per heavy atom. The lowest BCUT2D eigenvalue weighted by Gasteiger charge is -2.15. The Kier molecular flexibility index (Phi) is 4.43. The van der Waals surface area contributed by atoms with Crippen LogP contribution in [-0.4, -0.2) is 4.57 Å². The van der Waals surface area contributed by atoms with Crippen molar-refractivity contribution in [2.24, 2.45) is 4.99 Å². The van der Waals surface area contributed by atoms with E-state index in [0.717, 1.165) is 27.9 Å². The van der Waals surface area contributed by atoms with Crippen LogP contribution in [0.5, 0.6) is 0 Å². The summed E-state index contributed by atoms with van der Waals surface area (Å²) in [6, 6.07) is 6.43. The van der Waals surface area contributed by atoms with E-state index in [4.69, 9.17) is 16.6 Å². The van der Waals surface area contributed by atoms with Crippen LogP contribution in [0.25, 0.3) is 6.58 Å². The molecule has 0 amide bonds. The Balaban J connectivity index is 0.000000774. The predicted octanol–water partition coefficient (Wildman–Crippen LogP) is 4.48. The molecule has 2 heterocycles. The van der Waals surface area contributed by atoms with Crippen LogP contribution in [0.3, 0.4) is 0 Å². The lowest BCUT2D eigenvalue weighted by atomic mass is 10.1. The van der Waals surface area contributed by atoms with Crippen molar-refractivity contribution in [2.45, 2.75) is 40.7 Å². The Hall–Kier alpha value is -1.74. The smallest absolute Gasteiger partial charge is 0.159 e. The van der Waals surface area contributed by atoms with Gasteiger partial charge in [-0.25, -0.2) is 4.99 Å². The van der Waals surface area contributed by atoms with Crippen LogP contribution < -0.4 is 16.2 Å². The molecule has 0 fully saturated rings. The van der Waals surface area contributed by atoms with Crippen molar-refractivity contribution in [3.8, 4) is 0 Å². The van der Waals surface area contributed by atoms with Crippen LogP contribution in [0, 0.1) is 6.92 Å². The first-order valence-electron chi connectivity index (χ1n) is 7.34. The molecule has 1 aliphatic rings. The predicted molar refractivity (Wildman–Crippen MR) is 91.6 cm³/mol. The molecule has 1 aliphatic heterocycles. The second-order valence-corrected chi connectivity index (χ2v) is 5.56. The fourth-order valence-corrected chi connectivity index (χ4v) is 2.69. The second-order valence-electron chi connectivity index (χ2n) is 5.18. The van der Waals surface area contributed by atoms with Crippen molar-refractivity contribution in [3.63, 3.8) is 0 Å². The van der Waals surface area contributed by atoms with Crippen LogP contribution >= 0.6 is 11.6 Å². The maximum atomic E-state index is 6.38. The molecule has 1 aromatic carbocycles. The SMILES string of the molecule is C=c1c(Cl)c2c(n1C(C)C)=Nc1ccc(C)cc1N2.CC. The minimum absolute atomic E-state index is 0.270. The molecule has 0 saturated heterocycles. The Labute approximate surface area is 131 Å². The van der Waals surface area contributed by atoms with Crippen LogP contribution in [-0.2, 0) is 0 Å². The van der Waals surface area contributed by atoms with E-state index in [9.17, 15) is 0 Å². The topological polar surface area (TPSA) is 29.3 Å². The summed E-state index contributed by atoms with van der Waals surface area (Å²) >= 11 is 6.38. The molecule has 1 N–H and O–H groups in total. The number of benzene rings is 1. The molecule has 4 heteroatoms. The molecule has 21 heavy (non-hydrogen) atoms. The number of nitrogens with zero attached hydrogens (tertiary/aromatic N) is 2. The molecule has 0 unspecified atom stereocenters. The third-order valence-electron chi connectivity index (χ3n) is 3.37. The molecular formula is C17H22ClN3. The highest BCUT2D eigenvalue weighted by atomic mass is 35.5. The van der Waals surface area contributed by atoms with Crippen LogP contribution in [0.4, 0.5) is 17.1 Å². The summed E-state index contributed by atoms with van der Waals surface area (Å²) in [6.45, 7) is 14.3. The maximum absolute atomic E-state index is 6.38. The monoisotopic (exact) mass is 303 g/mol. The van der Waals surface area contributed by atoms with E-state index in [0.29, 0.717) is 5.02 Å². The van der Waals surface area contributed by atoms with Gasteiger partial charge >= 0.3 is 0 Å². The Bertz CT molecular complexity index is 772. The fourth-order valence-electron chi connectivity index (χ4n) is 2.47. The van der Waals surface area contributed by atoms with Crippen LogP contribution in [0.2, 0.25) is 5.02 Å². The Morgan fingerprint density at radius 3 is 2.57 bits per heavy atom. The molecule has 1 aromatic heterocycles. The molecule has 112 valence electrons. The zero-order valence-electron chi connectivity index (χ0n) is 13.3. The van der Waals surface area contributed by atoms with Gasteiger partial charge in [0.25, 0.3) is 0 Å². The van der Waals surface area contributed by atoms with Crippen molar-refractivity contribution in [2.75, 3.05) is 5.32 Å². The van der Waals surface area contributed by atoms with Gasteiger partial charge in [-0.2, -0.15) is 0 Å². The Morgan fingerprint density at radius 2 is 1.95 bits per heavy atom. The first-order valence-corrected chi connectivity index (χ1v) is 7.72. The molecule has 3 nitrogen and oxygen atoms in total. The van der Waals surface area contributed by atoms with E-state index in [1.807, 2.05) is 19.9 Å². The van der Waals surface area contributed by atoms with Crippen molar-refractivity contribution >= 4 is 35.2 Å². The highest BCUT2D eigenvalue weighted by Crippen LogP contribution is 2.33.